The lowest BCUT2D eigenvalue weighted by atomic mass is 10.1. The molecule has 0 radical (unpaired) electrons. The number of aromatic hydroxyl groups is 2. The van der Waals surface area contributed by atoms with E-state index in [1.54, 1.807) is 6.92 Å². The first-order chi connectivity index (χ1) is 7.95. The number of phenolic OH excluding ortho intramolecular Hbond substituents is 2. The Labute approximate surface area is 98.1 Å². The fraction of sp³-hybridized carbons (Fsp3) is 0.364. The maximum Gasteiger partial charge on any atom is 0.323 e. The van der Waals surface area contributed by atoms with Gasteiger partial charge in [-0.3, -0.25) is 10.1 Å². The number of benzene rings is 1. The predicted molar refractivity (Wildman–Crippen MR) is 59.8 cm³/mol. The Hall–Kier alpha value is -1.79. The molecule has 0 heterocycles. The van der Waals surface area contributed by atoms with E-state index in [0.29, 0.717) is 5.56 Å². The lowest BCUT2D eigenvalue weighted by Gasteiger charge is -2.19. The quantitative estimate of drug-likeness (QED) is 0.471. The van der Waals surface area contributed by atoms with E-state index in [-0.39, 0.29) is 11.5 Å². The van der Waals surface area contributed by atoms with Crippen molar-refractivity contribution in [2.45, 2.75) is 19.0 Å². The van der Waals surface area contributed by atoms with Crippen molar-refractivity contribution in [1.29, 1.82) is 0 Å². The van der Waals surface area contributed by atoms with Crippen LogP contribution in [0.25, 0.3) is 0 Å². The van der Waals surface area contributed by atoms with Crippen LogP contribution in [0.1, 0.15) is 18.5 Å². The lowest BCUT2D eigenvalue weighted by Crippen LogP contribution is -2.41. The molecule has 94 valence electrons. The molecule has 17 heavy (non-hydrogen) atoms. The number of aliphatic carboxylic acids is 1. The van der Waals surface area contributed by atoms with Crippen LogP contribution in [0.4, 0.5) is 0 Å². The molecule has 6 heteroatoms. The third-order valence-corrected chi connectivity index (χ3v) is 2.41. The van der Waals surface area contributed by atoms with Gasteiger partial charge in [0.05, 0.1) is 6.61 Å². The zero-order chi connectivity index (χ0) is 13.0. The van der Waals surface area contributed by atoms with Crippen LogP contribution in [-0.2, 0) is 4.79 Å². The van der Waals surface area contributed by atoms with E-state index in [4.69, 9.17) is 10.2 Å². The molecule has 2 unspecified atom stereocenters. The van der Waals surface area contributed by atoms with E-state index < -0.39 is 24.7 Å². The molecular formula is C11H15NO5. The highest BCUT2D eigenvalue weighted by Crippen LogP contribution is 2.27. The number of rotatable bonds is 5. The lowest BCUT2D eigenvalue weighted by molar-refractivity contribution is -0.140. The van der Waals surface area contributed by atoms with Crippen LogP contribution in [0, 0.1) is 0 Å². The fourth-order valence-electron chi connectivity index (χ4n) is 1.48. The molecule has 0 spiro atoms. The minimum absolute atomic E-state index is 0.0256. The van der Waals surface area contributed by atoms with E-state index >= 15 is 0 Å². The van der Waals surface area contributed by atoms with E-state index in [0.717, 1.165) is 0 Å². The molecule has 0 fully saturated rings. The highest BCUT2D eigenvalue weighted by molar-refractivity contribution is 5.73. The number of aliphatic hydroxyl groups excluding tert-OH is 1. The van der Waals surface area contributed by atoms with Gasteiger partial charge in [0, 0.05) is 11.6 Å². The molecule has 1 rings (SSSR count). The summed E-state index contributed by atoms with van der Waals surface area (Å²) in [5.74, 6) is -1.26. The standard InChI is InChI=1S/C11H15NO5/c1-6(12-9(5-13)11(16)17)8-4-7(14)2-3-10(8)15/h2-4,6,9,12-15H,5H2,1H3,(H,16,17). The van der Waals surface area contributed by atoms with E-state index in [2.05, 4.69) is 5.32 Å². The summed E-state index contributed by atoms with van der Waals surface area (Å²) in [6, 6.07) is 2.34. The molecule has 0 amide bonds. The SMILES string of the molecule is CC(NC(CO)C(=O)O)c1cc(O)ccc1O. The number of phenols is 2. The van der Waals surface area contributed by atoms with Gasteiger partial charge in [0.1, 0.15) is 17.5 Å². The molecule has 0 saturated heterocycles. The molecule has 5 N–H and O–H groups in total. The summed E-state index contributed by atoms with van der Waals surface area (Å²) in [5, 5.41) is 39.1. The summed E-state index contributed by atoms with van der Waals surface area (Å²) in [4.78, 5) is 10.7. The normalized spacial score (nSPS) is 14.2. The van der Waals surface area contributed by atoms with Crippen molar-refractivity contribution in [1.82, 2.24) is 5.32 Å². The number of nitrogens with one attached hydrogen (secondary N) is 1. The Bertz CT molecular complexity index is 407. The van der Waals surface area contributed by atoms with Gasteiger partial charge in [-0.05, 0) is 25.1 Å². The summed E-state index contributed by atoms with van der Waals surface area (Å²) >= 11 is 0. The first kappa shape index (κ1) is 13.3. The van der Waals surface area contributed by atoms with Gasteiger partial charge < -0.3 is 20.4 Å². The maximum atomic E-state index is 10.7. The highest BCUT2D eigenvalue weighted by atomic mass is 16.4. The molecule has 0 saturated carbocycles. The van der Waals surface area contributed by atoms with Gasteiger partial charge in [-0.15, -0.1) is 0 Å². The summed E-state index contributed by atoms with van der Waals surface area (Å²) in [5.41, 5.74) is 0.365. The van der Waals surface area contributed by atoms with E-state index in [1.165, 1.54) is 18.2 Å². The molecule has 0 bridgehead atoms. The first-order valence-corrected chi connectivity index (χ1v) is 5.07. The van der Waals surface area contributed by atoms with Crippen molar-refractivity contribution in [3.63, 3.8) is 0 Å². The zero-order valence-corrected chi connectivity index (χ0v) is 9.29. The van der Waals surface area contributed by atoms with Crippen molar-refractivity contribution in [2.24, 2.45) is 0 Å². The van der Waals surface area contributed by atoms with Crippen LogP contribution in [0.5, 0.6) is 11.5 Å². The third kappa shape index (κ3) is 3.33. The molecule has 0 aromatic heterocycles. The van der Waals surface area contributed by atoms with Crippen LogP contribution in [0.2, 0.25) is 0 Å². The third-order valence-electron chi connectivity index (χ3n) is 2.41. The summed E-state index contributed by atoms with van der Waals surface area (Å²) < 4.78 is 0. The number of aliphatic hydroxyl groups is 1. The topological polar surface area (TPSA) is 110 Å². The number of hydrogen-bond acceptors (Lipinski definition) is 5. The van der Waals surface area contributed by atoms with Gasteiger partial charge in [0.2, 0.25) is 0 Å². The maximum absolute atomic E-state index is 10.7. The van der Waals surface area contributed by atoms with Gasteiger partial charge >= 0.3 is 5.97 Å². The largest absolute Gasteiger partial charge is 0.508 e. The molecule has 1 aromatic rings. The molecule has 0 aliphatic heterocycles. The Morgan fingerprint density at radius 2 is 2.06 bits per heavy atom. The Morgan fingerprint density at radius 3 is 2.59 bits per heavy atom. The van der Waals surface area contributed by atoms with Crippen molar-refractivity contribution >= 4 is 5.97 Å². The average molecular weight is 241 g/mol. The highest BCUT2D eigenvalue weighted by Gasteiger charge is 2.20. The second kappa shape index (κ2) is 5.51. The van der Waals surface area contributed by atoms with Crippen molar-refractivity contribution in [2.75, 3.05) is 6.61 Å². The fourth-order valence-corrected chi connectivity index (χ4v) is 1.48. The van der Waals surface area contributed by atoms with Gasteiger partial charge in [-0.2, -0.15) is 0 Å². The Morgan fingerprint density at radius 1 is 1.41 bits per heavy atom. The summed E-state index contributed by atoms with van der Waals surface area (Å²) in [7, 11) is 0. The van der Waals surface area contributed by atoms with Crippen LogP contribution in [-0.4, -0.2) is 39.0 Å². The van der Waals surface area contributed by atoms with Gasteiger partial charge in [0.25, 0.3) is 0 Å². The number of carbonyl (C=O) groups is 1. The number of carboxylic acid groups (broad SMARTS) is 1. The monoisotopic (exact) mass is 241 g/mol. The van der Waals surface area contributed by atoms with E-state index in [9.17, 15) is 15.0 Å². The smallest absolute Gasteiger partial charge is 0.323 e. The molecule has 6 nitrogen and oxygen atoms in total. The Kier molecular flexibility index (Phi) is 4.30. The molecule has 0 aliphatic rings. The molecular weight excluding hydrogens is 226 g/mol. The minimum atomic E-state index is -1.18. The van der Waals surface area contributed by atoms with Crippen LogP contribution < -0.4 is 5.32 Å². The van der Waals surface area contributed by atoms with Gasteiger partial charge in [0.15, 0.2) is 0 Å². The summed E-state index contributed by atoms with van der Waals surface area (Å²) in [6.07, 6.45) is 0. The second-order valence-electron chi connectivity index (χ2n) is 3.70. The first-order valence-electron chi connectivity index (χ1n) is 5.07. The van der Waals surface area contributed by atoms with Crippen molar-refractivity contribution in [3.8, 4) is 11.5 Å². The second-order valence-corrected chi connectivity index (χ2v) is 3.70. The molecule has 0 aliphatic carbocycles. The van der Waals surface area contributed by atoms with Crippen LogP contribution in [0.3, 0.4) is 0 Å². The van der Waals surface area contributed by atoms with Gasteiger partial charge in [-0.1, -0.05) is 0 Å². The number of hydrogen-bond donors (Lipinski definition) is 5. The van der Waals surface area contributed by atoms with Crippen LogP contribution >= 0.6 is 0 Å². The number of carboxylic acids is 1. The van der Waals surface area contributed by atoms with Crippen molar-refractivity contribution in [3.05, 3.63) is 23.8 Å². The molecule has 1 aromatic carbocycles. The average Bonchev–Trinajstić information content (AvgIpc) is 2.28. The zero-order valence-electron chi connectivity index (χ0n) is 9.29. The molecule has 2 atom stereocenters. The summed E-state index contributed by atoms with van der Waals surface area (Å²) in [6.45, 7) is 1.07. The van der Waals surface area contributed by atoms with Crippen molar-refractivity contribution < 1.29 is 25.2 Å². The minimum Gasteiger partial charge on any atom is -0.508 e. The van der Waals surface area contributed by atoms with Gasteiger partial charge in [-0.25, -0.2) is 0 Å². The van der Waals surface area contributed by atoms with E-state index in [1.807, 2.05) is 0 Å². The van der Waals surface area contributed by atoms with Crippen LogP contribution in [0.15, 0.2) is 18.2 Å². The Balaban J connectivity index is 2.85. The predicted octanol–water partition coefficient (Wildman–Crippen LogP) is 0.194.